The van der Waals surface area contributed by atoms with Crippen LogP contribution in [0.15, 0.2) is 60.7 Å². The zero-order valence-electron chi connectivity index (χ0n) is 11.9. The summed E-state index contributed by atoms with van der Waals surface area (Å²) in [7, 11) is 1.59. The van der Waals surface area contributed by atoms with Gasteiger partial charge in [0.05, 0.1) is 6.10 Å². The number of aliphatic hydroxyl groups is 1. The van der Waals surface area contributed by atoms with E-state index in [0.29, 0.717) is 12.1 Å². The van der Waals surface area contributed by atoms with Crippen molar-refractivity contribution in [1.29, 1.82) is 0 Å². The van der Waals surface area contributed by atoms with Gasteiger partial charge in [0.15, 0.2) is 6.10 Å². The average molecular weight is 285 g/mol. The molecule has 0 saturated carbocycles. The summed E-state index contributed by atoms with van der Waals surface area (Å²) in [4.78, 5) is 12.0. The van der Waals surface area contributed by atoms with Crippen LogP contribution in [0.1, 0.15) is 23.3 Å². The Hall–Kier alpha value is -2.17. The number of ether oxygens (including phenoxy) is 1. The third-order valence-electron chi connectivity index (χ3n) is 3.28. The van der Waals surface area contributed by atoms with Gasteiger partial charge in [-0.2, -0.15) is 0 Å². The first kappa shape index (κ1) is 15.2. The smallest absolute Gasteiger partial charge is 0.253 e. The van der Waals surface area contributed by atoms with Gasteiger partial charge in [-0.1, -0.05) is 60.7 Å². The van der Waals surface area contributed by atoms with Crippen LogP contribution in [-0.4, -0.2) is 24.7 Å². The third-order valence-corrected chi connectivity index (χ3v) is 3.28. The zero-order chi connectivity index (χ0) is 15.1. The van der Waals surface area contributed by atoms with Crippen molar-refractivity contribution in [2.75, 3.05) is 13.7 Å². The second kappa shape index (κ2) is 7.57. The van der Waals surface area contributed by atoms with E-state index < -0.39 is 12.0 Å². The Morgan fingerprint density at radius 2 is 1.57 bits per heavy atom. The summed E-state index contributed by atoms with van der Waals surface area (Å²) in [5.41, 5.74) is 1.55. The molecule has 0 heterocycles. The maximum absolute atomic E-state index is 12.0. The van der Waals surface area contributed by atoms with Crippen molar-refractivity contribution < 1.29 is 14.6 Å². The van der Waals surface area contributed by atoms with Gasteiger partial charge in [-0.25, -0.2) is 0 Å². The minimum Gasteiger partial charge on any atom is -0.378 e. The molecular formula is C17H19NO3. The highest BCUT2D eigenvalue weighted by Gasteiger charge is 2.18. The highest BCUT2D eigenvalue weighted by molar-refractivity contribution is 5.81. The average Bonchev–Trinajstić information content (AvgIpc) is 2.56. The predicted molar refractivity (Wildman–Crippen MR) is 80.6 cm³/mol. The van der Waals surface area contributed by atoms with Crippen molar-refractivity contribution in [3.63, 3.8) is 0 Å². The van der Waals surface area contributed by atoms with Crippen LogP contribution in [0.3, 0.4) is 0 Å². The molecule has 4 heteroatoms. The number of amides is 1. The fraction of sp³-hybridized carbons (Fsp3) is 0.235. The molecule has 2 aromatic rings. The number of carbonyl (C=O) groups excluding carboxylic acids is 1. The van der Waals surface area contributed by atoms with Gasteiger partial charge in [-0.3, -0.25) is 4.79 Å². The Kier molecular flexibility index (Phi) is 5.49. The molecule has 110 valence electrons. The summed E-state index contributed by atoms with van der Waals surface area (Å²) >= 11 is 0. The van der Waals surface area contributed by atoms with Gasteiger partial charge in [-0.05, 0) is 11.1 Å². The zero-order valence-corrected chi connectivity index (χ0v) is 11.9. The molecule has 0 aromatic heterocycles. The van der Waals surface area contributed by atoms with Gasteiger partial charge in [0, 0.05) is 13.7 Å². The Balaban J connectivity index is 1.94. The molecule has 0 spiro atoms. The van der Waals surface area contributed by atoms with Crippen molar-refractivity contribution in [3.05, 3.63) is 71.8 Å². The van der Waals surface area contributed by atoms with E-state index in [2.05, 4.69) is 5.32 Å². The lowest BCUT2D eigenvalue weighted by Crippen LogP contribution is -2.33. The molecule has 0 aliphatic rings. The molecular weight excluding hydrogens is 266 g/mol. The van der Waals surface area contributed by atoms with E-state index in [4.69, 9.17) is 4.74 Å². The van der Waals surface area contributed by atoms with Crippen molar-refractivity contribution in [2.45, 2.75) is 12.2 Å². The van der Waals surface area contributed by atoms with Crippen LogP contribution in [-0.2, 0) is 9.53 Å². The number of carbonyl (C=O) groups is 1. The maximum atomic E-state index is 12.0. The van der Waals surface area contributed by atoms with Crippen LogP contribution in [0, 0.1) is 0 Å². The molecule has 0 aliphatic carbocycles. The SMILES string of the molecule is COC(CNC(=O)C(O)c1ccccc1)c1ccccc1. The van der Waals surface area contributed by atoms with Gasteiger partial charge >= 0.3 is 0 Å². The van der Waals surface area contributed by atoms with E-state index in [1.54, 1.807) is 31.4 Å². The second-order valence-electron chi connectivity index (χ2n) is 4.69. The number of methoxy groups -OCH3 is 1. The number of hydrogen-bond acceptors (Lipinski definition) is 3. The first-order chi connectivity index (χ1) is 10.2. The summed E-state index contributed by atoms with van der Waals surface area (Å²) in [6.07, 6.45) is -1.40. The van der Waals surface area contributed by atoms with Crippen molar-refractivity contribution >= 4 is 5.91 Å². The first-order valence-electron chi connectivity index (χ1n) is 6.81. The number of nitrogens with one attached hydrogen (secondary N) is 1. The first-order valence-corrected chi connectivity index (χ1v) is 6.81. The molecule has 0 bridgehead atoms. The van der Waals surface area contributed by atoms with E-state index in [1.807, 2.05) is 36.4 Å². The van der Waals surface area contributed by atoms with E-state index in [-0.39, 0.29) is 6.10 Å². The molecule has 0 radical (unpaired) electrons. The van der Waals surface area contributed by atoms with E-state index in [9.17, 15) is 9.90 Å². The fourth-order valence-electron chi connectivity index (χ4n) is 2.08. The largest absolute Gasteiger partial charge is 0.378 e. The van der Waals surface area contributed by atoms with Crippen LogP contribution >= 0.6 is 0 Å². The van der Waals surface area contributed by atoms with Gasteiger partial charge in [0.25, 0.3) is 5.91 Å². The Labute approximate surface area is 124 Å². The van der Waals surface area contributed by atoms with Crippen LogP contribution in [0.4, 0.5) is 0 Å². The molecule has 2 unspecified atom stereocenters. The standard InChI is InChI=1S/C17H19NO3/c1-21-15(13-8-4-2-5-9-13)12-18-17(20)16(19)14-10-6-3-7-11-14/h2-11,15-16,19H,12H2,1H3,(H,18,20). The quantitative estimate of drug-likeness (QED) is 0.855. The summed E-state index contributed by atoms with van der Waals surface area (Å²) < 4.78 is 5.38. The van der Waals surface area contributed by atoms with Crippen LogP contribution in [0.25, 0.3) is 0 Å². The van der Waals surface area contributed by atoms with E-state index >= 15 is 0 Å². The van der Waals surface area contributed by atoms with Crippen molar-refractivity contribution in [3.8, 4) is 0 Å². The molecule has 0 saturated heterocycles. The lowest BCUT2D eigenvalue weighted by Gasteiger charge is -2.18. The number of hydrogen-bond donors (Lipinski definition) is 2. The molecule has 4 nitrogen and oxygen atoms in total. The summed E-state index contributed by atoms with van der Waals surface area (Å²) in [6.45, 7) is 0.309. The fourth-order valence-corrected chi connectivity index (χ4v) is 2.08. The maximum Gasteiger partial charge on any atom is 0.253 e. The molecule has 0 fully saturated rings. The van der Waals surface area contributed by atoms with E-state index in [0.717, 1.165) is 5.56 Å². The molecule has 2 aromatic carbocycles. The van der Waals surface area contributed by atoms with Crippen LogP contribution in [0.2, 0.25) is 0 Å². The number of aliphatic hydroxyl groups excluding tert-OH is 1. The summed E-state index contributed by atoms with van der Waals surface area (Å²) in [6, 6.07) is 18.5. The van der Waals surface area contributed by atoms with Crippen LogP contribution < -0.4 is 5.32 Å². The minimum absolute atomic E-state index is 0.238. The highest BCUT2D eigenvalue weighted by Crippen LogP contribution is 2.16. The molecule has 0 aliphatic heterocycles. The molecule has 2 rings (SSSR count). The summed E-state index contributed by atoms with van der Waals surface area (Å²) in [5, 5.41) is 12.7. The van der Waals surface area contributed by atoms with Gasteiger partial charge in [0.2, 0.25) is 0 Å². The van der Waals surface area contributed by atoms with E-state index in [1.165, 1.54) is 0 Å². The topological polar surface area (TPSA) is 58.6 Å². The van der Waals surface area contributed by atoms with Crippen molar-refractivity contribution in [2.24, 2.45) is 0 Å². The minimum atomic E-state index is -1.17. The van der Waals surface area contributed by atoms with Crippen molar-refractivity contribution in [1.82, 2.24) is 5.32 Å². The molecule has 2 atom stereocenters. The number of rotatable bonds is 6. The highest BCUT2D eigenvalue weighted by atomic mass is 16.5. The van der Waals surface area contributed by atoms with Gasteiger partial charge in [0.1, 0.15) is 0 Å². The number of benzene rings is 2. The van der Waals surface area contributed by atoms with Gasteiger partial charge < -0.3 is 15.2 Å². The monoisotopic (exact) mass is 285 g/mol. The third kappa shape index (κ3) is 4.15. The van der Waals surface area contributed by atoms with Gasteiger partial charge in [-0.15, -0.1) is 0 Å². The second-order valence-corrected chi connectivity index (χ2v) is 4.69. The molecule has 2 N–H and O–H groups in total. The lowest BCUT2D eigenvalue weighted by molar-refractivity contribution is -0.130. The normalized spacial score (nSPS) is 13.4. The van der Waals surface area contributed by atoms with Crippen LogP contribution in [0.5, 0.6) is 0 Å². The lowest BCUT2D eigenvalue weighted by atomic mass is 10.1. The Bertz CT molecular complexity index is 557. The Morgan fingerprint density at radius 1 is 1.05 bits per heavy atom. The molecule has 1 amide bonds. The Morgan fingerprint density at radius 3 is 2.10 bits per heavy atom. The summed E-state index contributed by atoms with van der Waals surface area (Å²) in [5.74, 6) is -0.431. The molecule has 21 heavy (non-hydrogen) atoms. The predicted octanol–water partition coefficient (Wildman–Crippen LogP) is 2.22.